The van der Waals surface area contributed by atoms with Crippen molar-refractivity contribution in [1.82, 2.24) is 5.32 Å². The highest BCUT2D eigenvalue weighted by atomic mass is 16.5. The average molecular weight is 430 g/mol. The summed E-state index contributed by atoms with van der Waals surface area (Å²) in [6.45, 7) is 5.60. The van der Waals surface area contributed by atoms with E-state index in [4.69, 9.17) is 9.47 Å². The summed E-state index contributed by atoms with van der Waals surface area (Å²) in [4.78, 5) is 27.5. The molecule has 0 radical (unpaired) electrons. The van der Waals surface area contributed by atoms with E-state index < -0.39 is 6.03 Å². The molecule has 0 aliphatic rings. The van der Waals surface area contributed by atoms with Gasteiger partial charge in [-0.05, 0) is 38.1 Å². The predicted molar refractivity (Wildman–Crippen MR) is 122 cm³/mol. The van der Waals surface area contributed by atoms with Crippen LogP contribution < -0.4 is 29.9 Å². The van der Waals surface area contributed by atoms with Crippen molar-refractivity contribution in [3.05, 3.63) is 48.0 Å². The van der Waals surface area contributed by atoms with Crippen LogP contribution in [0.5, 0.6) is 11.5 Å². The number of benzene rings is 2. The average Bonchev–Trinajstić information content (AvgIpc) is 2.70. The molecule has 31 heavy (non-hydrogen) atoms. The smallest absolute Gasteiger partial charge is 0.326 e. The Labute approximate surface area is 184 Å². The van der Waals surface area contributed by atoms with Crippen molar-refractivity contribution < 1.29 is 24.0 Å². The van der Waals surface area contributed by atoms with E-state index in [2.05, 4.69) is 10.6 Å². The van der Waals surface area contributed by atoms with Crippen LogP contribution in [0.1, 0.15) is 19.4 Å². The standard InChI is InChI=1S/C23H32N4O4/c1-6-30-20-13-10-18(14-21(20)31-7-2)24-23(29)25-22(28)16-27(5)15-17-8-11-19(12-9-17)26(3)4/h8-14H,6-7,15-16H2,1-5H3,(H2,24,25,28,29)/p+1. The zero-order valence-electron chi connectivity index (χ0n) is 19.0. The number of amides is 3. The number of urea groups is 1. The summed E-state index contributed by atoms with van der Waals surface area (Å²) >= 11 is 0. The molecule has 0 aliphatic carbocycles. The molecule has 3 amide bonds. The lowest BCUT2D eigenvalue weighted by Crippen LogP contribution is -3.09. The molecule has 0 heterocycles. The molecule has 2 aromatic carbocycles. The van der Waals surface area contributed by atoms with Crippen molar-refractivity contribution in [2.75, 3.05) is 51.1 Å². The van der Waals surface area contributed by atoms with Crippen LogP contribution in [0, 0.1) is 0 Å². The van der Waals surface area contributed by atoms with Crippen molar-refractivity contribution >= 4 is 23.3 Å². The van der Waals surface area contributed by atoms with Crippen LogP contribution in [0.3, 0.4) is 0 Å². The van der Waals surface area contributed by atoms with Gasteiger partial charge in [-0.2, -0.15) is 0 Å². The van der Waals surface area contributed by atoms with Crippen molar-refractivity contribution in [2.45, 2.75) is 20.4 Å². The molecule has 0 saturated heterocycles. The number of carbonyl (C=O) groups is 2. The largest absolute Gasteiger partial charge is 0.490 e. The Morgan fingerprint density at radius 3 is 2.23 bits per heavy atom. The topological polar surface area (TPSA) is 84.3 Å². The van der Waals surface area contributed by atoms with Crippen molar-refractivity contribution in [1.29, 1.82) is 0 Å². The number of nitrogens with zero attached hydrogens (tertiary/aromatic N) is 1. The second kappa shape index (κ2) is 11.8. The summed E-state index contributed by atoms with van der Waals surface area (Å²) in [5, 5.41) is 5.03. The van der Waals surface area contributed by atoms with Crippen molar-refractivity contribution in [3.8, 4) is 11.5 Å². The van der Waals surface area contributed by atoms with Gasteiger partial charge < -0.3 is 24.6 Å². The van der Waals surface area contributed by atoms with Gasteiger partial charge in [-0.25, -0.2) is 4.79 Å². The molecule has 0 bridgehead atoms. The van der Waals surface area contributed by atoms with Crippen LogP contribution in [0.25, 0.3) is 0 Å². The number of ether oxygens (including phenoxy) is 2. The lowest BCUT2D eigenvalue weighted by Gasteiger charge is -2.16. The monoisotopic (exact) mass is 429 g/mol. The molecule has 3 N–H and O–H groups in total. The molecule has 1 atom stereocenters. The maximum atomic E-state index is 12.3. The highest BCUT2D eigenvalue weighted by Gasteiger charge is 2.15. The third-order valence-corrected chi connectivity index (χ3v) is 4.48. The first-order valence-corrected chi connectivity index (χ1v) is 10.4. The number of hydrogen-bond acceptors (Lipinski definition) is 5. The lowest BCUT2D eigenvalue weighted by atomic mass is 10.2. The lowest BCUT2D eigenvalue weighted by molar-refractivity contribution is -0.885. The molecule has 8 nitrogen and oxygen atoms in total. The molecule has 1 unspecified atom stereocenters. The summed E-state index contributed by atoms with van der Waals surface area (Å²) in [7, 11) is 5.90. The van der Waals surface area contributed by atoms with E-state index in [0.717, 1.165) is 16.2 Å². The van der Waals surface area contributed by atoms with Gasteiger partial charge in [0.2, 0.25) is 0 Å². The molecule has 0 spiro atoms. The van der Waals surface area contributed by atoms with E-state index in [0.29, 0.717) is 36.9 Å². The molecule has 8 heteroatoms. The second-order valence-electron chi connectivity index (χ2n) is 7.40. The number of rotatable bonds is 10. The zero-order chi connectivity index (χ0) is 22.8. The molecule has 168 valence electrons. The molecular weight excluding hydrogens is 396 g/mol. The molecule has 0 aliphatic heterocycles. The quantitative estimate of drug-likeness (QED) is 0.537. The van der Waals surface area contributed by atoms with E-state index in [9.17, 15) is 9.59 Å². The van der Waals surface area contributed by atoms with E-state index in [1.54, 1.807) is 18.2 Å². The summed E-state index contributed by atoms with van der Waals surface area (Å²) in [6.07, 6.45) is 0. The summed E-state index contributed by atoms with van der Waals surface area (Å²) in [6, 6.07) is 12.7. The third-order valence-electron chi connectivity index (χ3n) is 4.48. The van der Waals surface area contributed by atoms with Gasteiger partial charge in [0.15, 0.2) is 18.0 Å². The van der Waals surface area contributed by atoms with E-state index in [1.165, 1.54) is 0 Å². The van der Waals surface area contributed by atoms with E-state index in [1.807, 2.05) is 64.2 Å². The molecule has 0 fully saturated rings. The van der Waals surface area contributed by atoms with Gasteiger partial charge in [-0.1, -0.05) is 12.1 Å². The summed E-state index contributed by atoms with van der Waals surface area (Å²) in [5.41, 5.74) is 2.76. The van der Waals surface area contributed by atoms with Crippen LogP contribution >= 0.6 is 0 Å². The van der Waals surface area contributed by atoms with Crippen LogP contribution in [-0.4, -0.2) is 52.8 Å². The minimum atomic E-state index is -0.584. The fourth-order valence-electron chi connectivity index (χ4n) is 3.06. The number of carbonyl (C=O) groups excluding carboxylic acids is 2. The highest BCUT2D eigenvalue weighted by Crippen LogP contribution is 2.30. The van der Waals surface area contributed by atoms with Gasteiger partial charge in [-0.3, -0.25) is 10.1 Å². The molecule has 0 aromatic heterocycles. The second-order valence-corrected chi connectivity index (χ2v) is 7.40. The van der Waals surface area contributed by atoms with Crippen molar-refractivity contribution in [2.24, 2.45) is 0 Å². The first kappa shape index (κ1) is 24.0. The van der Waals surface area contributed by atoms with E-state index >= 15 is 0 Å². The molecular formula is C23H33N4O4+. The number of quaternary nitrogens is 1. The summed E-state index contributed by atoms with van der Waals surface area (Å²) < 4.78 is 11.1. The highest BCUT2D eigenvalue weighted by molar-refractivity contribution is 6.01. The fraction of sp³-hybridized carbons (Fsp3) is 0.391. The van der Waals surface area contributed by atoms with Crippen molar-refractivity contribution in [3.63, 3.8) is 0 Å². The van der Waals surface area contributed by atoms with Gasteiger partial charge >= 0.3 is 6.03 Å². The Kier molecular flexibility index (Phi) is 9.14. The van der Waals surface area contributed by atoms with Gasteiger partial charge in [0.1, 0.15) is 6.54 Å². The maximum Gasteiger partial charge on any atom is 0.326 e. The van der Waals surface area contributed by atoms with Crippen LogP contribution in [0.15, 0.2) is 42.5 Å². The number of imide groups is 1. The first-order valence-electron chi connectivity index (χ1n) is 10.4. The minimum Gasteiger partial charge on any atom is -0.490 e. The number of likely N-dealkylation sites (N-methyl/N-ethyl adjacent to an activating group) is 1. The molecule has 2 aromatic rings. The van der Waals surface area contributed by atoms with Gasteiger partial charge in [0.25, 0.3) is 5.91 Å². The van der Waals surface area contributed by atoms with E-state index in [-0.39, 0.29) is 12.5 Å². The van der Waals surface area contributed by atoms with Gasteiger partial charge in [0.05, 0.1) is 20.3 Å². The Hall–Kier alpha value is -3.26. The van der Waals surface area contributed by atoms with Crippen LogP contribution in [0.2, 0.25) is 0 Å². The minimum absolute atomic E-state index is 0.177. The maximum absolute atomic E-state index is 12.3. The van der Waals surface area contributed by atoms with Gasteiger partial charge in [0, 0.05) is 37.1 Å². The van der Waals surface area contributed by atoms with Gasteiger partial charge in [-0.15, -0.1) is 0 Å². The first-order chi connectivity index (χ1) is 14.8. The van der Waals surface area contributed by atoms with Crippen LogP contribution in [-0.2, 0) is 11.3 Å². The normalized spacial score (nSPS) is 11.4. The fourth-order valence-corrected chi connectivity index (χ4v) is 3.06. The predicted octanol–water partition coefficient (Wildman–Crippen LogP) is 1.91. The SMILES string of the molecule is CCOc1ccc(NC(=O)NC(=O)C[NH+](C)Cc2ccc(N(C)C)cc2)cc1OCC. The number of nitrogens with one attached hydrogen (secondary N) is 3. The zero-order valence-corrected chi connectivity index (χ0v) is 19.0. The summed E-state index contributed by atoms with van der Waals surface area (Å²) in [5.74, 6) is 0.795. The van der Waals surface area contributed by atoms with Crippen LogP contribution in [0.4, 0.5) is 16.2 Å². The number of hydrogen-bond donors (Lipinski definition) is 3. The molecule has 2 rings (SSSR count). The Morgan fingerprint density at radius 2 is 1.61 bits per heavy atom. The third kappa shape index (κ3) is 7.82. The Bertz CT molecular complexity index is 868. The number of anilines is 2. The Balaban J connectivity index is 1.86. The Morgan fingerprint density at radius 1 is 0.968 bits per heavy atom. The molecule has 0 saturated carbocycles.